The predicted molar refractivity (Wildman–Crippen MR) is 79.5 cm³/mol. The van der Waals surface area contributed by atoms with Gasteiger partial charge in [-0.1, -0.05) is 42.1 Å². The van der Waals surface area contributed by atoms with Crippen LogP contribution in [0.15, 0.2) is 36.7 Å². The van der Waals surface area contributed by atoms with Gasteiger partial charge in [-0.3, -0.25) is 9.59 Å². The molecule has 21 heavy (non-hydrogen) atoms. The van der Waals surface area contributed by atoms with E-state index in [1.165, 1.54) is 22.8 Å². The van der Waals surface area contributed by atoms with Gasteiger partial charge in [-0.05, 0) is 6.42 Å². The second kappa shape index (κ2) is 6.09. The first-order chi connectivity index (χ1) is 10.2. The van der Waals surface area contributed by atoms with E-state index in [0.717, 1.165) is 11.3 Å². The Morgan fingerprint density at radius 2 is 2.19 bits per heavy atom. The van der Waals surface area contributed by atoms with E-state index in [4.69, 9.17) is 0 Å². The summed E-state index contributed by atoms with van der Waals surface area (Å²) in [5.74, 6) is 1.13. The molecule has 3 rings (SSSR count). The summed E-state index contributed by atoms with van der Waals surface area (Å²) in [5.41, 5.74) is 0.902. The first-order valence-corrected chi connectivity index (χ1v) is 7.62. The summed E-state index contributed by atoms with van der Waals surface area (Å²) >= 11 is 1.27. The van der Waals surface area contributed by atoms with Crippen molar-refractivity contribution in [1.82, 2.24) is 20.1 Å². The van der Waals surface area contributed by atoms with Gasteiger partial charge in [-0.15, -0.1) is 0 Å². The van der Waals surface area contributed by atoms with Gasteiger partial charge in [0.15, 0.2) is 5.82 Å². The lowest BCUT2D eigenvalue weighted by atomic mass is 10.2. The minimum atomic E-state index is -0.361. The van der Waals surface area contributed by atoms with Crippen LogP contribution in [0.2, 0.25) is 0 Å². The molecule has 1 saturated heterocycles. The zero-order chi connectivity index (χ0) is 14.7. The molecule has 1 aromatic heterocycles. The van der Waals surface area contributed by atoms with Gasteiger partial charge < -0.3 is 5.32 Å². The minimum Gasteiger partial charge on any atom is -0.344 e. The maximum absolute atomic E-state index is 11.9. The highest BCUT2D eigenvalue weighted by molar-refractivity contribution is 8.14. The molecule has 2 heterocycles. The number of benzene rings is 1. The van der Waals surface area contributed by atoms with Gasteiger partial charge in [0.25, 0.3) is 0 Å². The van der Waals surface area contributed by atoms with Crippen molar-refractivity contribution < 1.29 is 9.59 Å². The number of nitrogens with zero attached hydrogens (tertiary/aromatic N) is 3. The molecule has 0 spiro atoms. The summed E-state index contributed by atoms with van der Waals surface area (Å²) in [6.07, 6.45) is 2.22. The van der Waals surface area contributed by atoms with E-state index < -0.39 is 0 Å². The second-order valence-corrected chi connectivity index (χ2v) is 5.81. The van der Waals surface area contributed by atoms with Crippen LogP contribution in [-0.4, -0.2) is 37.6 Å². The number of hydrogen-bond donors (Lipinski definition) is 1. The number of nitrogens with one attached hydrogen (secondary N) is 1. The summed E-state index contributed by atoms with van der Waals surface area (Å²) in [7, 11) is 0. The largest absolute Gasteiger partial charge is 0.344 e. The Kier molecular flexibility index (Phi) is 4.01. The lowest BCUT2D eigenvalue weighted by Gasteiger charge is -2.09. The number of hydrogen-bond acceptors (Lipinski definition) is 5. The average molecular weight is 302 g/mol. The first kappa shape index (κ1) is 13.8. The van der Waals surface area contributed by atoms with Crippen LogP contribution in [0.1, 0.15) is 6.42 Å². The highest BCUT2D eigenvalue weighted by Crippen LogP contribution is 2.19. The Morgan fingerprint density at radius 3 is 2.90 bits per heavy atom. The number of rotatable bonds is 4. The number of carbonyl (C=O) groups is 2. The molecular formula is C14H14N4O2S. The van der Waals surface area contributed by atoms with Gasteiger partial charge in [-0.25, -0.2) is 9.67 Å². The number of thioether (sulfide) groups is 1. The zero-order valence-electron chi connectivity index (χ0n) is 11.2. The molecule has 1 aliphatic rings. The highest BCUT2D eigenvalue weighted by Gasteiger charge is 2.26. The molecule has 1 aromatic carbocycles. The SMILES string of the molecule is O=C(Cn1cnc(-c2ccccc2)n1)N[C@H]1CCSC1=O. The average Bonchev–Trinajstić information content (AvgIpc) is 3.10. The maximum atomic E-state index is 11.9. The Bertz CT molecular complexity index is 656. The van der Waals surface area contributed by atoms with Gasteiger partial charge in [0.1, 0.15) is 12.9 Å². The molecule has 1 atom stereocenters. The van der Waals surface area contributed by atoms with E-state index in [-0.39, 0.29) is 23.6 Å². The van der Waals surface area contributed by atoms with E-state index in [2.05, 4.69) is 15.4 Å². The third-order valence-corrected chi connectivity index (χ3v) is 4.15. The van der Waals surface area contributed by atoms with E-state index in [1.54, 1.807) is 0 Å². The summed E-state index contributed by atoms with van der Waals surface area (Å²) in [5, 5.41) is 7.03. The standard InChI is InChI=1S/C14H14N4O2S/c19-12(16-11-6-7-21-14(11)20)8-18-9-15-13(17-18)10-4-2-1-3-5-10/h1-5,9,11H,6-8H2,(H,16,19)/t11-/m0/s1. The molecule has 1 fully saturated rings. The summed E-state index contributed by atoms with van der Waals surface area (Å²) in [6, 6.07) is 9.20. The van der Waals surface area contributed by atoms with Crippen molar-refractivity contribution in [3.05, 3.63) is 36.7 Å². The van der Waals surface area contributed by atoms with Gasteiger partial charge in [0, 0.05) is 11.3 Å². The summed E-state index contributed by atoms with van der Waals surface area (Å²) in [6.45, 7) is 0.0638. The van der Waals surface area contributed by atoms with Crippen LogP contribution in [-0.2, 0) is 16.1 Å². The molecule has 0 bridgehead atoms. The van der Waals surface area contributed by atoms with Gasteiger partial charge in [0.05, 0.1) is 6.04 Å². The number of carbonyl (C=O) groups excluding carboxylic acids is 2. The fourth-order valence-electron chi connectivity index (χ4n) is 2.10. The Balaban J connectivity index is 1.62. The van der Waals surface area contributed by atoms with Crippen LogP contribution in [0.4, 0.5) is 0 Å². The summed E-state index contributed by atoms with van der Waals surface area (Å²) < 4.78 is 1.48. The van der Waals surface area contributed by atoms with Gasteiger partial charge >= 0.3 is 0 Å². The molecule has 2 aromatic rings. The molecule has 0 saturated carbocycles. The van der Waals surface area contributed by atoms with Gasteiger partial charge in [-0.2, -0.15) is 5.10 Å². The monoisotopic (exact) mass is 302 g/mol. The first-order valence-electron chi connectivity index (χ1n) is 6.63. The van der Waals surface area contributed by atoms with Crippen molar-refractivity contribution >= 4 is 22.8 Å². The lowest BCUT2D eigenvalue weighted by molar-refractivity contribution is -0.125. The number of amides is 1. The van der Waals surface area contributed by atoms with Crippen molar-refractivity contribution in [1.29, 1.82) is 0 Å². The molecule has 1 amide bonds. The van der Waals surface area contributed by atoms with Crippen LogP contribution in [0, 0.1) is 0 Å². The van der Waals surface area contributed by atoms with E-state index >= 15 is 0 Å². The van der Waals surface area contributed by atoms with E-state index in [1.807, 2.05) is 30.3 Å². The second-order valence-electron chi connectivity index (χ2n) is 4.71. The van der Waals surface area contributed by atoms with Crippen molar-refractivity contribution in [2.45, 2.75) is 19.0 Å². The molecule has 1 aliphatic heterocycles. The molecule has 1 N–H and O–H groups in total. The Labute approximate surface area is 125 Å². The summed E-state index contributed by atoms with van der Waals surface area (Å²) in [4.78, 5) is 27.6. The molecule has 6 nitrogen and oxygen atoms in total. The van der Waals surface area contributed by atoms with Crippen molar-refractivity contribution in [2.75, 3.05) is 5.75 Å². The third kappa shape index (κ3) is 3.30. The Hall–Kier alpha value is -2.15. The van der Waals surface area contributed by atoms with Crippen molar-refractivity contribution in [3.63, 3.8) is 0 Å². The molecular weight excluding hydrogens is 288 g/mol. The van der Waals surface area contributed by atoms with Gasteiger partial charge in [0.2, 0.25) is 11.0 Å². The van der Waals surface area contributed by atoms with E-state index in [9.17, 15) is 9.59 Å². The molecule has 0 aliphatic carbocycles. The van der Waals surface area contributed by atoms with Crippen LogP contribution in [0.3, 0.4) is 0 Å². The van der Waals surface area contributed by atoms with E-state index in [0.29, 0.717) is 12.2 Å². The Morgan fingerprint density at radius 1 is 1.38 bits per heavy atom. The van der Waals surface area contributed by atoms with Crippen LogP contribution in [0.5, 0.6) is 0 Å². The fraction of sp³-hybridized carbons (Fsp3) is 0.286. The molecule has 7 heteroatoms. The third-order valence-electron chi connectivity index (χ3n) is 3.14. The zero-order valence-corrected chi connectivity index (χ0v) is 12.0. The molecule has 108 valence electrons. The van der Waals surface area contributed by atoms with Crippen LogP contribution < -0.4 is 5.32 Å². The predicted octanol–water partition coefficient (Wildman–Crippen LogP) is 1.09. The van der Waals surface area contributed by atoms with Crippen molar-refractivity contribution in [2.24, 2.45) is 0 Å². The van der Waals surface area contributed by atoms with Crippen LogP contribution in [0.25, 0.3) is 11.4 Å². The fourth-order valence-corrected chi connectivity index (χ4v) is 3.04. The topological polar surface area (TPSA) is 76.9 Å². The quantitative estimate of drug-likeness (QED) is 0.915. The number of aromatic nitrogens is 3. The minimum absolute atomic E-state index is 0.0342. The molecule has 0 radical (unpaired) electrons. The lowest BCUT2D eigenvalue weighted by Crippen LogP contribution is -2.39. The smallest absolute Gasteiger partial charge is 0.242 e. The normalized spacial score (nSPS) is 17.9. The highest BCUT2D eigenvalue weighted by atomic mass is 32.2. The van der Waals surface area contributed by atoms with Crippen molar-refractivity contribution in [3.8, 4) is 11.4 Å². The maximum Gasteiger partial charge on any atom is 0.242 e. The van der Waals surface area contributed by atoms with Crippen LogP contribution >= 0.6 is 11.8 Å². The molecule has 0 unspecified atom stereocenters.